The normalized spacial score (nSPS) is 11.5. The van der Waals surface area contributed by atoms with Gasteiger partial charge < -0.3 is 9.47 Å². The van der Waals surface area contributed by atoms with E-state index in [0.717, 1.165) is 72.9 Å². The fourth-order valence-electron chi connectivity index (χ4n) is 5.90. The minimum Gasteiger partial charge on any atom is -0.494 e. The molecule has 0 aromatic heterocycles. The second kappa shape index (κ2) is 24.1. The Hall–Kier alpha value is -4.18. The monoisotopic (exact) mass is 672 g/mol. The molecule has 0 fully saturated rings. The van der Waals surface area contributed by atoms with Crippen LogP contribution in [0.4, 0.5) is 11.4 Å². The Bertz CT molecular complexity index is 1370. The third-order valence-electron chi connectivity index (χ3n) is 9.07. The summed E-state index contributed by atoms with van der Waals surface area (Å²) in [5.41, 5.74) is 6.95. The van der Waals surface area contributed by atoms with E-state index in [0.29, 0.717) is 0 Å². The Kier molecular flexibility index (Phi) is 18.6. The molecule has 4 aromatic rings. The molecule has 0 radical (unpaired) electrons. The van der Waals surface area contributed by atoms with Gasteiger partial charge in [-0.1, -0.05) is 102 Å². The molecule has 4 nitrogen and oxygen atoms in total. The minimum absolute atomic E-state index is 0.792. The molecule has 4 aromatic carbocycles. The highest BCUT2D eigenvalue weighted by atomic mass is 16.5. The van der Waals surface area contributed by atoms with Crippen molar-refractivity contribution in [3.8, 4) is 11.5 Å². The molecule has 0 saturated heterocycles. The van der Waals surface area contributed by atoms with Gasteiger partial charge in [0.05, 0.1) is 24.6 Å². The summed E-state index contributed by atoms with van der Waals surface area (Å²) in [5, 5.41) is 0. The molecule has 4 heteroatoms. The molecule has 0 atom stereocenters. The number of aliphatic imine (C=N–C) groups is 2. The summed E-state index contributed by atoms with van der Waals surface area (Å²) < 4.78 is 11.7. The number of nitrogens with zero attached hydrogens (tertiary/aromatic N) is 2. The Morgan fingerprint density at radius 2 is 0.760 bits per heavy atom. The van der Waals surface area contributed by atoms with Crippen molar-refractivity contribution >= 4 is 23.8 Å². The fraction of sp³-hybridized carbons (Fsp3) is 0.435. The van der Waals surface area contributed by atoms with Crippen molar-refractivity contribution in [3.05, 3.63) is 119 Å². The molecule has 4 rings (SSSR count). The van der Waals surface area contributed by atoms with Crippen LogP contribution in [-0.2, 0) is 12.8 Å². The lowest BCUT2D eigenvalue weighted by molar-refractivity contribution is 0.305. The summed E-state index contributed by atoms with van der Waals surface area (Å²) in [7, 11) is 0. The molecule has 0 aliphatic carbocycles. The first-order valence-corrected chi connectivity index (χ1v) is 19.4. The maximum Gasteiger partial charge on any atom is 0.119 e. The minimum atomic E-state index is 0.792. The lowest BCUT2D eigenvalue weighted by atomic mass is 10.0. The fourth-order valence-corrected chi connectivity index (χ4v) is 5.90. The summed E-state index contributed by atoms with van der Waals surface area (Å²) in [4.78, 5) is 9.33. The molecule has 0 heterocycles. The zero-order chi connectivity index (χ0) is 34.9. The average Bonchev–Trinajstić information content (AvgIpc) is 3.16. The van der Waals surface area contributed by atoms with Crippen LogP contribution in [0.15, 0.2) is 107 Å². The topological polar surface area (TPSA) is 43.2 Å². The maximum atomic E-state index is 5.85. The quantitative estimate of drug-likeness (QED) is 0.0519. The van der Waals surface area contributed by atoms with Gasteiger partial charge in [0.1, 0.15) is 11.5 Å². The molecule has 266 valence electrons. The van der Waals surface area contributed by atoms with Gasteiger partial charge in [0.25, 0.3) is 0 Å². The zero-order valence-corrected chi connectivity index (χ0v) is 30.8. The van der Waals surface area contributed by atoms with Crippen LogP contribution in [0.3, 0.4) is 0 Å². The number of benzene rings is 4. The van der Waals surface area contributed by atoms with Crippen LogP contribution >= 0.6 is 0 Å². The molecule has 50 heavy (non-hydrogen) atoms. The summed E-state index contributed by atoms with van der Waals surface area (Å²) in [6.45, 7) is 6.04. The number of aryl methyl sites for hydroxylation is 2. The van der Waals surface area contributed by atoms with Crippen LogP contribution in [0.5, 0.6) is 11.5 Å². The maximum absolute atomic E-state index is 5.85. The van der Waals surface area contributed by atoms with E-state index in [1.54, 1.807) is 0 Å². The molecule has 0 bridgehead atoms. The van der Waals surface area contributed by atoms with Crippen molar-refractivity contribution in [2.24, 2.45) is 9.98 Å². The number of rotatable bonds is 25. The number of hydrogen-bond donors (Lipinski definition) is 0. The van der Waals surface area contributed by atoms with E-state index in [1.165, 1.54) is 88.2 Å². The Balaban J connectivity index is 1.02. The van der Waals surface area contributed by atoms with E-state index in [-0.39, 0.29) is 0 Å². The summed E-state index contributed by atoms with van der Waals surface area (Å²) in [6, 6.07) is 33.8. The lowest BCUT2D eigenvalue weighted by Gasteiger charge is -2.06. The third-order valence-corrected chi connectivity index (χ3v) is 9.07. The van der Waals surface area contributed by atoms with Gasteiger partial charge in [-0.25, -0.2) is 0 Å². The van der Waals surface area contributed by atoms with Crippen molar-refractivity contribution in [3.63, 3.8) is 0 Å². The van der Waals surface area contributed by atoms with E-state index in [4.69, 9.17) is 9.47 Å². The molecular weight excluding hydrogens is 613 g/mol. The van der Waals surface area contributed by atoms with Crippen LogP contribution < -0.4 is 9.47 Å². The van der Waals surface area contributed by atoms with Crippen LogP contribution in [0, 0.1) is 0 Å². The Labute approximate surface area is 303 Å². The molecule has 0 N–H and O–H groups in total. The van der Waals surface area contributed by atoms with Gasteiger partial charge >= 0.3 is 0 Å². The standard InChI is InChI=1S/C46H60N2O2/c1-3-5-7-15-35-49-45-31-23-41(24-32-45)37-47-43-27-19-39(20-28-43)17-13-11-9-10-12-14-18-40-21-29-44(30-22-40)48-38-42-25-33-46(34-26-42)50-36-16-8-6-4-2/h19-34,37-38H,3-18,35-36H2,1-2H3. The van der Waals surface area contributed by atoms with Gasteiger partial charge in [-0.3, -0.25) is 9.98 Å². The first-order chi connectivity index (χ1) is 24.7. The largest absolute Gasteiger partial charge is 0.494 e. The predicted molar refractivity (Wildman–Crippen MR) is 215 cm³/mol. The molecule has 0 aliphatic heterocycles. The van der Waals surface area contributed by atoms with Crippen LogP contribution in [0.1, 0.15) is 126 Å². The number of unbranched alkanes of at least 4 members (excludes halogenated alkanes) is 11. The Morgan fingerprint density at radius 3 is 1.14 bits per heavy atom. The third kappa shape index (κ3) is 16.0. The van der Waals surface area contributed by atoms with Gasteiger partial charge in [-0.2, -0.15) is 0 Å². The van der Waals surface area contributed by atoms with Crippen molar-refractivity contribution in [1.29, 1.82) is 0 Å². The van der Waals surface area contributed by atoms with Crippen LogP contribution in [0.25, 0.3) is 0 Å². The van der Waals surface area contributed by atoms with E-state index in [2.05, 4.69) is 96.6 Å². The number of hydrogen-bond acceptors (Lipinski definition) is 4. The van der Waals surface area contributed by atoms with Gasteiger partial charge in [-0.15, -0.1) is 0 Å². The number of ether oxygens (including phenoxy) is 2. The second-order valence-electron chi connectivity index (χ2n) is 13.4. The first-order valence-electron chi connectivity index (χ1n) is 19.4. The molecule has 0 aliphatic rings. The molecular formula is C46H60N2O2. The van der Waals surface area contributed by atoms with Crippen molar-refractivity contribution in [2.45, 2.75) is 117 Å². The van der Waals surface area contributed by atoms with E-state index in [9.17, 15) is 0 Å². The van der Waals surface area contributed by atoms with Gasteiger partial charge in [-0.05, 0) is 134 Å². The second-order valence-corrected chi connectivity index (χ2v) is 13.4. The lowest BCUT2D eigenvalue weighted by Crippen LogP contribution is -1.97. The van der Waals surface area contributed by atoms with Crippen molar-refractivity contribution < 1.29 is 9.47 Å². The molecule has 0 saturated carbocycles. The average molecular weight is 673 g/mol. The predicted octanol–water partition coefficient (Wildman–Crippen LogP) is 13.2. The SMILES string of the molecule is CCCCCCOc1ccc(C=Nc2ccc(CCCCCCCCc3ccc(N=Cc4ccc(OCCCCCC)cc4)cc3)cc2)cc1. The van der Waals surface area contributed by atoms with Gasteiger partial charge in [0, 0.05) is 12.4 Å². The van der Waals surface area contributed by atoms with Crippen molar-refractivity contribution in [2.75, 3.05) is 13.2 Å². The zero-order valence-electron chi connectivity index (χ0n) is 30.8. The summed E-state index contributed by atoms with van der Waals surface area (Å²) in [6.07, 6.45) is 23.6. The smallest absolute Gasteiger partial charge is 0.119 e. The highest BCUT2D eigenvalue weighted by Gasteiger charge is 2.00. The molecule has 0 spiro atoms. The molecule has 0 amide bonds. The van der Waals surface area contributed by atoms with Gasteiger partial charge in [0.15, 0.2) is 0 Å². The van der Waals surface area contributed by atoms with Crippen LogP contribution in [0.2, 0.25) is 0 Å². The van der Waals surface area contributed by atoms with Gasteiger partial charge in [0.2, 0.25) is 0 Å². The molecule has 0 unspecified atom stereocenters. The van der Waals surface area contributed by atoms with E-state index >= 15 is 0 Å². The van der Waals surface area contributed by atoms with Crippen LogP contribution in [-0.4, -0.2) is 25.6 Å². The van der Waals surface area contributed by atoms with E-state index < -0.39 is 0 Å². The first kappa shape index (κ1) is 38.6. The Morgan fingerprint density at radius 1 is 0.400 bits per heavy atom. The highest BCUT2D eigenvalue weighted by Crippen LogP contribution is 2.19. The van der Waals surface area contributed by atoms with Crippen molar-refractivity contribution in [1.82, 2.24) is 0 Å². The summed E-state index contributed by atoms with van der Waals surface area (Å²) in [5.74, 6) is 1.87. The highest BCUT2D eigenvalue weighted by molar-refractivity contribution is 5.82. The van der Waals surface area contributed by atoms with E-state index in [1.807, 2.05) is 36.7 Å². The summed E-state index contributed by atoms with van der Waals surface area (Å²) >= 11 is 0.